The SMILES string of the molecule is Cc1ccc2c(c1)C(=O)NCC1(CCN(C(=O)CCc3cc(Cl)no3)CC1)O2. The maximum atomic E-state index is 12.5. The summed E-state index contributed by atoms with van der Waals surface area (Å²) in [7, 11) is 0. The number of likely N-dealkylation sites (tertiary alicyclic amines) is 1. The number of rotatable bonds is 3. The van der Waals surface area contributed by atoms with Crippen LogP contribution in [0.25, 0.3) is 0 Å². The van der Waals surface area contributed by atoms with Crippen molar-refractivity contribution in [2.75, 3.05) is 19.6 Å². The first-order chi connectivity index (χ1) is 13.4. The zero-order valence-electron chi connectivity index (χ0n) is 15.7. The van der Waals surface area contributed by atoms with Gasteiger partial charge in [0.15, 0.2) is 5.15 Å². The maximum Gasteiger partial charge on any atom is 0.255 e. The first-order valence-corrected chi connectivity index (χ1v) is 9.79. The molecule has 0 radical (unpaired) electrons. The Balaban J connectivity index is 1.38. The number of nitrogens with zero attached hydrogens (tertiary/aromatic N) is 2. The van der Waals surface area contributed by atoms with Gasteiger partial charge in [-0.2, -0.15) is 0 Å². The Labute approximate surface area is 168 Å². The Morgan fingerprint density at radius 3 is 2.82 bits per heavy atom. The van der Waals surface area contributed by atoms with E-state index in [1.807, 2.05) is 30.0 Å². The van der Waals surface area contributed by atoms with Crippen molar-refractivity contribution in [1.82, 2.24) is 15.4 Å². The molecule has 3 heterocycles. The van der Waals surface area contributed by atoms with Crippen molar-refractivity contribution in [3.05, 3.63) is 46.3 Å². The molecule has 1 fully saturated rings. The number of amides is 2. The molecule has 0 unspecified atom stereocenters. The summed E-state index contributed by atoms with van der Waals surface area (Å²) in [5.74, 6) is 1.17. The highest BCUT2D eigenvalue weighted by molar-refractivity contribution is 6.29. The van der Waals surface area contributed by atoms with Gasteiger partial charge in [-0.3, -0.25) is 9.59 Å². The first-order valence-electron chi connectivity index (χ1n) is 9.41. The summed E-state index contributed by atoms with van der Waals surface area (Å²) >= 11 is 5.73. The van der Waals surface area contributed by atoms with Gasteiger partial charge in [0, 0.05) is 44.8 Å². The molecule has 2 aromatic rings. The largest absolute Gasteiger partial charge is 0.484 e. The number of piperidine rings is 1. The number of hydrogen-bond donors (Lipinski definition) is 1. The second-order valence-electron chi connectivity index (χ2n) is 7.46. The number of fused-ring (bicyclic) bond motifs is 1. The first kappa shape index (κ1) is 18.8. The Hall–Kier alpha value is -2.54. The summed E-state index contributed by atoms with van der Waals surface area (Å²) in [6.45, 7) is 3.57. The quantitative estimate of drug-likeness (QED) is 0.851. The topological polar surface area (TPSA) is 84.7 Å². The van der Waals surface area contributed by atoms with Gasteiger partial charge in [-0.1, -0.05) is 28.4 Å². The third kappa shape index (κ3) is 3.85. The summed E-state index contributed by atoms with van der Waals surface area (Å²) in [5, 5.41) is 6.90. The Morgan fingerprint density at radius 2 is 2.11 bits per heavy atom. The van der Waals surface area contributed by atoms with Crippen LogP contribution in [-0.2, 0) is 11.2 Å². The summed E-state index contributed by atoms with van der Waals surface area (Å²) in [6.07, 6.45) is 2.15. The van der Waals surface area contributed by atoms with Crippen LogP contribution in [0.1, 0.15) is 40.9 Å². The molecule has 0 bridgehead atoms. The molecule has 0 saturated carbocycles. The maximum absolute atomic E-state index is 12.5. The van der Waals surface area contributed by atoms with E-state index in [0.29, 0.717) is 67.5 Å². The van der Waals surface area contributed by atoms with Crippen LogP contribution < -0.4 is 10.1 Å². The molecule has 1 N–H and O–H groups in total. The highest BCUT2D eigenvalue weighted by atomic mass is 35.5. The van der Waals surface area contributed by atoms with Gasteiger partial charge in [-0.05, 0) is 19.1 Å². The van der Waals surface area contributed by atoms with Gasteiger partial charge in [-0.15, -0.1) is 0 Å². The van der Waals surface area contributed by atoms with E-state index in [0.717, 1.165) is 5.56 Å². The number of benzene rings is 1. The number of carbonyl (C=O) groups excluding carboxylic acids is 2. The summed E-state index contributed by atoms with van der Waals surface area (Å²) in [5.41, 5.74) is 1.11. The molecular weight excluding hydrogens is 382 g/mol. The van der Waals surface area contributed by atoms with Crippen LogP contribution in [0.3, 0.4) is 0 Å². The van der Waals surface area contributed by atoms with Crippen molar-refractivity contribution in [2.24, 2.45) is 0 Å². The van der Waals surface area contributed by atoms with Crippen molar-refractivity contribution in [1.29, 1.82) is 0 Å². The smallest absolute Gasteiger partial charge is 0.255 e. The third-order valence-corrected chi connectivity index (χ3v) is 5.60. The lowest BCUT2D eigenvalue weighted by atomic mass is 9.90. The molecule has 1 spiro atoms. The molecule has 28 heavy (non-hydrogen) atoms. The van der Waals surface area contributed by atoms with Crippen LogP contribution in [0, 0.1) is 6.92 Å². The van der Waals surface area contributed by atoms with E-state index in [1.54, 1.807) is 6.07 Å². The molecule has 0 aliphatic carbocycles. The molecule has 1 aromatic heterocycles. The minimum Gasteiger partial charge on any atom is -0.484 e. The van der Waals surface area contributed by atoms with Crippen molar-refractivity contribution in [3.8, 4) is 5.75 Å². The Bertz CT molecular complexity index is 903. The fourth-order valence-corrected chi connectivity index (χ4v) is 3.91. The van der Waals surface area contributed by atoms with Crippen LogP contribution in [0.2, 0.25) is 5.15 Å². The second-order valence-corrected chi connectivity index (χ2v) is 7.85. The standard InChI is InChI=1S/C20H22ClN3O4/c1-13-2-4-16-15(10-13)19(26)22-12-20(27-16)6-8-24(9-7-20)18(25)5-3-14-11-17(21)23-28-14/h2,4,10-11H,3,5-9,12H2,1H3,(H,22,26). The van der Waals surface area contributed by atoms with E-state index in [1.165, 1.54) is 0 Å². The van der Waals surface area contributed by atoms with Crippen molar-refractivity contribution >= 4 is 23.4 Å². The summed E-state index contributed by atoms with van der Waals surface area (Å²) < 4.78 is 11.4. The molecule has 2 aliphatic heterocycles. The van der Waals surface area contributed by atoms with E-state index in [9.17, 15) is 9.59 Å². The van der Waals surface area contributed by atoms with Crippen LogP contribution in [-0.4, -0.2) is 47.1 Å². The molecule has 2 amide bonds. The fraction of sp³-hybridized carbons (Fsp3) is 0.450. The Kier molecular flexibility index (Phi) is 5.02. The third-order valence-electron chi connectivity index (χ3n) is 5.42. The van der Waals surface area contributed by atoms with Gasteiger partial charge >= 0.3 is 0 Å². The lowest BCUT2D eigenvalue weighted by Crippen LogP contribution is -2.54. The highest BCUT2D eigenvalue weighted by Gasteiger charge is 2.40. The molecule has 1 saturated heterocycles. The van der Waals surface area contributed by atoms with Crippen LogP contribution in [0.15, 0.2) is 28.8 Å². The van der Waals surface area contributed by atoms with E-state index in [-0.39, 0.29) is 11.8 Å². The molecule has 2 aliphatic rings. The number of halogens is 1. The summed E-state index contributed by atoms with van der Waals surface area (Å²) in [4.78, 5) is 26.8. The van der Waals surface area contributed by atoms with Gasteiger partial charge in [0.25, 0.3) is 5.91 Å². The zero-order valence-corrected chi connectivity index (χ0v) is 16.4. The van der Waals surface area contributed by atoms with Gasteiger partial charge < -0.3 is 19.5 Å². The van der Waals surface area contributed by atoms with Gasteiger partial charge in [-0.25, -0.2) is 0 Å². The van der Waals surface area contributed by atoms with Crippen LogP contribution >= 0.6 is 11.6 Å². The minimum atomic E-state index is -0.481. The predicted octanol–water partition coefficient (Wildman–Crippen LogP) is 2.75. The summed E-state index contributed by atoms with van der Waals surface area (Å²) in [6, 6.07) is 7.27. The zero-order chi connectivity index (χ0) is 19.7. The van der Waals surface area contributed by atoms with Gasteiger partial charge in [0.1, 0.15) is 17.1 Å². The lowest BCUT2D eigenvalue weighted by molar-refractivity contribution is -0.134. The lowest BCUT2D eigenvalue weighted by Gasteiger charge is -2.41. The fourth-order valence-electron chi connectivity index (χ4n) is 3.75. The number of hydrogen-bond acceptors (Lipinski definition) is 5. The number of ether oxygens (including phenoxy) is 1. The number of carbonyl (C=O) groups is 2. The number of aryl methyl sites for hydroxylation is 2. The van der Waals surface area contributed by atoms with Gasteiger partial charge in [0.05, 0.1) is 12.1 Å². The average Bonchev–Trinajstić information content (AvgIpc) is 3.06. The van der Waals surface area contributed by atoms with E-state index >= 15 is 0 Å². The van der Waals surface area contributed by atoms with E-state index in [2.05, 4.69) is 10.5 Å². The number of aromatic nitrogens is 1. The predicted molar refractivity (Wildman–Crippen MR) is 103 cm³/mol. The van der Waals surface area contributed by atoms with Crippen LogP contribution in [0.5, 0.6) is 5.75 Å². The molecule has 4 rings (SSSR count). The van der Waals surface area contributed by atoms with Crippen LogP contribution in [0.4, 0.5) is 0 Å². The highest BCUT2D eigenvalue weighted by Crippen LogP contribution is 2.33. The molecule has 7 nitrogen and oxygen atoms in total. The van der Waals surface area contributed by atoms with Crippen molar-refractivity contribution in [2.45, 2.75) is 38.2 Å². The Morgan fingerprint density at radius 1 is 1.32 bits per heavy atom. The number of nitrogens with one attached hydrogen (secondary N) is 1. The van der Waals surface area contributed by atoms with Crippen molar-refractivity contribution < 1.29 is 18.8 Å². The molecule has 0 atom stereocenters. The van der Waals surface area contributed by atoms with Gasteiger partial charge in [0.2, 0.25) is 5.91 Å². The molecule has 1 aromatic carbocycles. The average molecular weight is 404 g/mol. The minimum absolute atomic E-state index is 0.0658. The van der Waals surface area contributed by atoms with Crippen molar-refractivity contribution in [3.63, 3.8) is 0 Å². The molecule has 8 heteroatoms. The molecular formula is C20H22ClN3O4. The van der Waals surface area contributed by atoms with E-state index < -0.39 is 5.60 Å². The monoisotopic (exact) mass is 403 g/mol. The second kappa shape index (κ2) is 7.47. The van der Waals surface area contributed by atoms with E-state index in [4.69, 9.17) is 20.9 Å². The normalized spacial score (nSPS) is 18.2. The molecule has 148 valence electrons.